The highest BCUT2D eigenvalue weighted by atomic mass is 28.4. The van der Waals surface area contributed by atoms with Gasteiger partial charge >= 0.3 is 12.1 Å². The fourth-order valence-corrected chi connectivity index (χ4v) is 2.85. The minimum Gasteiger partial charge on any atom is -0.463 e. The van der Waals surface area contributed by atoms with E-state index in [0.717, 1.165) is 7.11 Å². The molecule has 0 heterocycles. The van der Waals surface area contributed by atoms with Crippen molar-refractivity contribution in [2.24, 2.45) is 0 Å². The molecule has 0 saturated heterocycles. The summed E-state index contributed by atoms with van der Waals surface area (Å²) in [6, 6.07) is 0. The van der Waals surface area contributed by atoms with Crippen molar-refractivity contribution in [3.63, 3.8) is 0 Å². The molecule has 0 aromatic carbocycles. The van der Waals surface area contributed by atoms with E-state index >= 15 is 0 Å². The number of amides is 1. The third kappa shape index (κ3) is 7.56. The van der Waals surface area contributed by atoms with Gasteiger partial charge in [0.05, 0.1) is 13.7 Å². The van der Waals surface area contributed by atoms with Crippen LogP contribution in [0.2, 0.25) is 18.1 Å². The van der Waals surface area contributed by atoms with Crippen LogP contribution in [0.25, 0.3) is 0 Å². The quantitative estimate of drug-likeness (QED) is 0.403. The van der Waals surface area contributed by atoms with E-state index in [1.54, 1.807) is 20.8 Å². The summed E-state index contributed by atoms with van der Waals surface area (Å²) < 4.78 is 15.9. The van der Waals surface area contributed by atoms with Gasteiger partial charge in [-0.3, -0.25) is 4.79 Å². The number of esters is 1. The van der Waals surface area contributed by atoms with Gasteiger partial charge in [-0.2, -0.15) is 0 Å². The third-order valence-electron chi connectivity index (χ3n) is 4.07. The SMILES string of the molecule is COC(=O)C(=O)C(CN(C)C(=O)OC(C)(C)C)O[Si](C)(C)C(C)(C)C. The number of nitrogens with zero attached hydrogens (tertiary/aromatic N) is 1. The van der Waals surface area contributed by atoms with E-state index in [1.165, 1.54) is 11.9 Å². The van der Waals surface area contributed by atoms with E-state index in [1.807, 2.05) is 33.9 Å². The molecule has 0 radical (unpaired) electrons. The van der Waals surface area contributed by atoms with Gasteiger partial charge in [0.1, 0.15) is 11.7 Å². The summed E-state index contributed by atoms with van der Waals surface area (Å²) in [5, 5.41) is -0.161. The standard InChI is InChI=1S/C17H33NO6Si/c1-16(2,3)23-15(21)18(7)11-12(13(19)14(20)22-8)24-25(9,10)17(4,5)6/h12H,11H2,1-10H3. The molecule has 1 amide bonds. The average Bonchev–Trinajstić information content (AvgIpc) is 2.41. The topological polar surface area (TPSA) is 82.1 Å². The second-order valence-corrected chi connectivity index (χ2v) is 13.3. The van der Waals surface area contributed by atoms with E-state index < -0.39 is 37.9 Å². The van der Waals surface area contributed by atoms with Gasteiger partial charge in [0.2, 0.25) is 0 Å². The van der Waals surface area contributed by atoms with E-state index in [0.29, 0.717) is 0 Å². The van der Waals surface area contributed by atoms with Crippen LogP contribution in [-0.2, 0) is 23.5 Å². The van der Waals surface area contributed by atoms with Crippen LogP contribution in [0.15, 0.2) is 0 Å². The van der Waals surface area contributed by atoms with Crippen LogP contribution in [-0.4, -0.2) is 63.5 Å². The minimum absolute atomic E-state index is 0.0879. The van der Waals surface area contributed by atoms with Crippen molar-refractivity contribution >= 4 is 26.2 Å². The smallest absolute Gasteiger partial charge is 0.410 e. The first-order valence-corrected chi connectivity index (χ1v) is 11.2. The number of hydrogen-bond acceptors (Lipinski definition) is 6. The molecule has 146 valence electrons. The summed E-state index contributed by atoms with van der Waals surface area (Å²) in [5.74, 6) is -1.79. The normalized spacial score (nSPS) is 13.8. The van der Waals surface area contributed by atoms with Crippen molar-refractivity contribution in [2.75, 3.05) is 20.7 Å². The number of hydrogen-bond donors (Lipinski definition) is 0. The Labute approximate surface area is 152 Å². The molecule has 0 aliphatic carbocycles. The monoisotopic (exact) mass is 375 g/mol. The molecule has 25 heavy (non-hydrogen) atoms. The number of ketones is 1. The van der Waals surface area contributed by atoms with Gasteiger partial charge in [0.15, 0.2) is 8.32 Å². The summed E-state index contributed by atoms with van der Waals surface area (Å²) in [7, 11) is 0.296. The molecule has 0 aliphatic heterocycles. The van der Waals surface area contributed by atoms with Gasteiger partial charge < -0.3 is 18.8 Å². The third-order valence-corrected chi connectivity index (χ3v) is 8.55. The number of rotatable bonds is 6. The molecule has 1 unspecified atom stereocenters. The molecule has 0 aromatic heterocycles. The van der Waals surface area contributed by atoms with Crippen molar-refractivity contribution in [2.45, 2.75) is 71.4 Å². The molecule has 0 saturated carbocycles. The molecule has 0 spiro atoms. The Bertz CT molecular complexity index is 504. The number of likely N-dealkylation sites (N-methyl/N-ethyl adjacent to an activating group) is 1. The Hall–Kier alpha value is -1.41. The number of ether oxygens (including phenoxy) is 2. The van der Waals surface area contributed by atoms with Gasteiger partial charge in [0.25, 0.3) is 5.78 Å². The predicted molar refractivity (Wildman–Crippen MR) is 98.0 cm³/mol. The zero-order chi connectivity index (χ0) is 20.2. The van der Waals surface area contributed by atoms with Crippen LogP contribution in [0, 0.1) is 0 Å². The van der Waals surface area contributed by atoms with Gasteiger partial charge in [0, 0.05) is 7.05 Å². The Morgan fingerprint density at radius 2 is 1.52 bits per heavy atom. The van der Waals surface area contributed by atoms with Gasteiger partial charge in [-0.15, -0.1) is 0 Å². The molecule has 0 aromatic rings. The number of carbonyl (C=O) groups is 3. The Morgan fingerprint density at radius 1 is 1.04 bits per heavy atom. The molecule has 0 bridgehead atoms. The first-order chi connectivity index (χ1) is 11.0. The summed E-state index contributed by atoms with van der Waals surface area (Å²) >= 11 is 0. The second-order valence-electron chi connectivity index (χ2n) is 8.58. The van der Waals surface area contributed by atoms with Crippen LogP contribution in [0.4, 0.5) is 4.79 Å². The molecule has 8 heteroatoms. The second kappa shape index (κ2) is 8.31. The lowest BCUT2D eigenvalue weighted by molar-refractivity contribution is -0.155. The fraction of sp³-hybridized carbons (Fsp3) is 0.824. The lowest BCUT2D eigenvalue weighted by atomic mass is 10.2. The predicted octanol–water partition coefficient (Wildman–Crippen LogP) is 2.99. The Morgan fingerprint density at radius 3 is 1.88 bits per heavy atom. The Balaban J connectivity index is 5.38. The Kier molecular flexibility index (Phi) is 7.84. The summed E-state index contributed by atoms with van der Waals surface area (Å²) in [6.07, 6.45) is -1.68. The minimum atomic E-state index is -2.35. The largest absolute Gasteiger partial charge is 0.463 e. The van der Waals surface area contributed by atoms with Crippen LogP contribution >= 0.6 is 0 Å². The molecule has 0 aliphatic rings. The molecule has 0 rings (SSSR count). The summed E-state index contributed by atoms with van der Waals surface area (Å²) in [6.45, 7) is 15.2. The van der Waals surface area contributed by atoms with Crippen LogP contribution < -0.4 is 0 Å². The maximum Gasteiger partial charge on any atom is 0.410 e. The molecule has 1 atom stereocenters. The van der Waals surface area contributed by atoms with Crippen molar-refractivity contribution < 1.29 is 28.3 Å². The number of methoxy groups -OCH3 is 1. The zero-order valence-corrected chi connectivity index (χ0v) is 18.2. The highest BCUT2D eigenvalue weighted by Crippen LogP contribution is 2.37. The molecular weight excluding hydrogens is 342 g/mol. The molecule has 7 nitrogen and oxygen atoms in total. The van der Waals surface area contributed by atoms with Crippen LogP contribution in [0.5, 0.6) is 0 Å². The van der Waals surface area contributed by atoms with E-state index in [-0.39, 0.29) is 11.6 Å². The highest BCUT2D eigenvalue weighted by molar-refractivity contribution is 6.74. The highest BCUT2D eigenvalue weighted by Gasteiger charge is 2.42. The van der Waals surface area contributed by atoms with Crippen LogP contribution in [0.3, 0.4) is 0 Å². The number of Topliss-reactive ketones (excluding diaryl/α,β-unsaturated/α-hetero) is 1. The van der Waals surface area contributed by atoms with E-state index in [9.17, 15) is 14.4 Å². The lowest BCUT2D eigenvalue weighted by Crippen LogP contribution is -2.51. The van der Waals surface area contributed by atoms with Gasteiger partial charge in [-0.05, 0) is 38.9 Å². The van der Waals surface area contributed by atoms with Crippen molar-refractivity contribution in [3.05, 3.63) is 0 Å². The maximum atomic E-state index is 12.4. The van der Waals surface area contributed by atoms with Crippen molar-refractivity contribution in [1.82, 2.24) is 4.90 Å². The number of carbonyl (C=O) groups excluding carboxylic acids is 3. The lowest BCUT2D eigenvalue weighted by Gasteiger charge is -2.39. The van der Waals surface area contributed by atoms with Gasteiger partial charge in [-0.25, -0.2) is 9.59 Å². The average molecular weight is 376 g/mol. The summed E-state index contributed by atoms with van der Waals surface area (Å²) in [5.41, 5.74) is -0.659. The van der Waals surface area contributed by atoms with Gasteiger partial charge in [-0.1, -0.05) is 20.8 Å². The molecule has 0 N–H and O–H groups in total. The van der Waals surface area contributed by atoms with Crippen molar-refractivity contribution in [1.29, 1.82) is 0 Å². The fourth-order valence-electron chi connectivity index (χ4n) is 1.60. The molecular formula is C17H33NO6Si. The maximum absolute atomic E-state index is 12.4. The van der Waals surface area contributed by atoms with Crippen LogP contribution in [0.1, 0.15) is 41.5 Å². The summed E-state index contributed by atoms with van der Waals surface area (Å²) in [4.78, 5) is 37.5. The van der Waals surface area contributed by atoms with E-state index in [2.05, 4.69) is 4.74 Å². The molecule has 0 fully saturated rings. The first-order valence-electron chi connectivity index (χ1n) is 8.26. The van der Waals surface area contributed by atoms with E-state index in [4.69, 9.17) is 9.16 Å². The van der Waals surface area contributed by atoms with Crippen molar-refractivity contribution in [3.8, 4) is 0 Å². The first kappa shape index (κ1) is 23.6. The zero-order valence-electron chi connectivity index (χ0n) is 17.2.